The Bertz CT molecular complexity index is 1170. The molecule has 0 amide bonds. The fraction of sp³-hybridized carbons (Fsp3) is 0.381. The first-order chi connectivity index (χ1) is 14.5. The van der Waals surface area contributed by atoms with Crippen LogP contribution in [0.15, 0.2) is 53.4 Å². The molecule has 31 heavy (non-hydrogen) atoms. The number of rotatable bonds is 7. The Hall–Kier alpha value is -2.30. The van der Waals surface area contributed by atoms with Crippen LogP contribution >= 0.6 is 0 Å². The van der Waals surface area contributed by atoms with Crippen molar-refractivity contribution in [2.75, 3.05) is 18.6 Å². The first-order valence-electron chi connectivity index (χ1n) is 9.62. The van der Waals surface area contributed by atoms with Gasteiger partial charge in [0.1, 0.15) is 16.8 Å². The maximum atomic E-state index is 14.3. The fourth-order valence-electron chi connectivity index (χ4n) is 3.73. The Morgan fingerprint density at radius 3 is 2.52 bits per heavy atom. The van der Waals surface area contributed by atoms with Gasteiger partial charge >= 0.3 is 5.97 Å². The van der Waals surface area contributed by atoms with E-state index in [0.29, 0.717) is 5.56 Å². The lowest BCUT2D eigenvalue weighted by Crippen LogP contribution is -2.51. The molecule has 0 radical (unpaired) electrons. The number of carbonyl (C=O) groups excluding carboxylic acids is 1. The summed E-state index contributed by atoms with van der Waals surface area (Å²) in [7, 11) is -6.86. The third kappa shape index (κ3) is 5.31. The van der Waals surface area contributed by atoms with Gasteiger partial charge in [-0.05, 0) is 36.6 Å². The molecule has 1 N–H and O–H groups in total. The largest absolute Gasteiger partial charge is 0.468 e. The summed E-state index contributed by atoms with van der Waals surface area (Å²) < 4.78 is 70.3. The Morgan fingerprint density at radius 2 is 1.87 bits per heavy atom. The number of benzene rings is 2. The summed E-state index contributed by atoms with van der Waals surface area (Å²) in [5.74, 6) is -2.72. The third-order valence-electron chi connectivity index (χ3n) is 5.28. The molecule has 1 aliphatic rings. The van der Waals surface area contributed by atoms with Gasteiger partial charge in [0, 0.05) is 6.04 Å². The van der Waals surface area contributed by atoms with Gasteiger partial charge < -0.3 is 4.74 Å². The van der Waals surface area contributed by atoms with E-state index in [2.05, 4.69) is 5.32 Å². The number of carbonyl (C=O) groups is 1. The van der Waals surface area contributed by atoms with Gasteiger partial charge in [0.05, 0.1) is 23.9 Å². The van der Waals surface area contributed by atoms with Crippen LogP contribution in [0.3, 0.4) is 0 Å². The minimum atomic E-state index is -4.33. The molecule has 0 aliphatic carbocycles. The number of ether oxygens (including phenoxy) is 1. The molecular weight excluding hydrogens is 445 g/mol. The lowest BCUT2D eigenvalue weighted by atomic mass is 10.0. The van der Waals surface area contributed by atoms with E-state index in [-0.39, 0.29) is 6.42 Å². The number of esters is 1. The topological polar surface area (TPSA) is 107 Å². The van der Waals surface area contributed by atoms with Crippen molar-refractivity contribution in [3.8, 4) is 0 Å². The summed E-state index contributed by atoms with van der Waals surface area (Å²) in [4.78, 5) is 11.8. The monoisotopic (exact) mass is 469 g/mol. The van der Waals surface area contributed by atoms with Crippen LogP contribution in [-0.4, -0.2) is 58.8 Å². The van der Waals surface area contributed by atoms with Crippen LogP contribution in [0.2, 0.25) is 0 Å². The van der Waals surface area contributed by atoms with Crippen LogP contribution in [0.1, 0.15) is 11.1 Å². The van der Waals surface area contributed by atoms with Crippen LogP contribution in [0.4, 0.5) is 4.39 Å². The average molecular weight is 470 g/mol. The van der Waals surface area contributed by atoms with Crippen LogP contribution in [0, 0.1) is 12.7 Å². The van der Waals surface area contributed by atoms with Crippen molar-refractivity contribution in [2.45, 2.75) is 35.6 Å². The van der Waals surface area contributed by atoms with Crippen molar-refractivity contribution >= 4 is 25.6 Å². The summed E-state index contributed by atoms with van der Waals surface area (Å²) >= 11 is 0. The van der Waals surface area contributed by atoms with E-state index in [0.717, 1.165) is 11.6 Å². The van der Waals surface area contributed by atoms with Crippen LogP contribution in [0.5, 0.6) is 0 Å². The van der Waals surface area contributed by atoms with Gasteiger partial charge in [-0.2, -0.15) is 0 Å². The molecule has 0 bridgehead atoms. The summed E-state index contributed by atoms with van der Waals surface area (Å²) in [6.45, 7) is 1.62. The van der Waals surface area contributed by atoms with Crippen molar-refractivity contribution in [1.82, 2.24) is 5.32 Å². The Kier molecular flexibility index (Phi) is 6.82. The number of hydrogen-bond donors (Lipinski definition) is 1. The molecule has 2 aromatic carbocycles. The quantitative estimate of drug-likeness (QED) is 0.612. The number of nitrogens with one attached hydrogen (secondary N) is 1. The molecule has 3 atom stereocenters. The summed E-state index contributed by atoms with van der Waals surface area (Å²) in [5.41, 5.74) is 1.32. The highest BCUT2D eigenvalue weighted by Crippen LogP contribution is 2.28. The minimum absolute atomic E-state index is 0.176. The zero-order valence-corrected chi connectivity index (χ0v) is 18.7. The molecule has 2 aromatic rings. The zero-order valence-electron chi connectivity index (χ0n) is 17.1. The van der Waals surface area contributed by atoms with Crippen LogP contribution in [-0.2, 0) is 35.6 Å². The summed E-state index contributed by atoms with van der Waals surface area (Å²) in [5, 5.41) is 1.44. The predicted molar refractivity (Wildman–Crippen MR) is 114 cm³/mol. The Labute approximate surface area is 181 Å². The molecule has 168 valence electrons. The van der Waals surface area contributed by atoms with Gasteiger partial charge in [0.2, 0.25) is 0 Å². The smallest absolute Gasteiger partial charge is 0.323 e. The second-order valence-electron chi connectivity index (χ2n) is 7.63. The molecule has 7 nitrogen and oxygen atoms in total. The number of hydrogen-bond acceptors (Lipinski definition) is 7. The second-order valence-corrected chi connectivity index (χ2v) is 11.9. The summed E-state index contributed by atoms with van der Waals surface area (Å²) in [6, 6.07) is 10.6. The fourth-order valence-corrected chi connectivity index (χ4v) is 8.56. The maximum absolute atomic E-state index is 14.3. The van der Waals surface area contributed by atoms with E-state index >= 15 is 0 Å². The van der Waals surface area contributed by atoms with Crippen LogP contribution < -0.4 is 5.32 Å². The van der Waals surface area contributed by atoms with E-state index in [1.54, 1.807) is 31.2 Å². The maximum Gasteiger partial charge on any atom is 0.323 e. The van der Waals surface area contributed by atoms with Crippen LogP contribution in [0.25, 0.3) is 0 Å². The normalized spacial score (nSPS) is 21.5. The number of aryl methyl sites for hydroxylation is 1. The molecule has 1 fully saturated rings. The molecule has 0 aromatic heterocycles. The van der Waals surface area contributed by atoms with Gasteiger partial charge in [0.15, 0.2) is 19.7 Å². The van der Waals surface area contributed by atoms with Gasteiger partial charge in [-0.3, -0.25) is 10.1 Å². The highest BCUT2D eigenvalue weighted by molar-refractivity contribution is 7.96. The van der Waals surface area contributed by atoms with E-state index in [4.69, 9.17) is 4.74 Å². The molecule has 1 heterocycles. The van der Waals surface area contributed by atoms with E-state index in [9.17, 15) is 26.0 Å². The number of methoxy groups -OCH3 is 1. The van der Waals surface area contributed by atoms with Crippen molar-refractivity contribution in [3.05, 3.63) is 65.5 Å². The Morgan fingerprint density at radius 1 is 1.19 bits per heavy atom. The average Bonchev–Trinajstić information content (AvgIpc) is 3.04. The van der Waals surface area contributed by atoms with E-state index in [1.165, 1.54) is 19.2 Å². The molecule has 1 aliphatic heterocycles. The van der Waals surface area contributed by atoms with Crippen molar-refractivity contribution in [3.63, 3.8) is 0 Å². The van der Waals surface area contributed by atoms with Gasteiger partial charge in [0.25, 0.3) is 0 Å². The van der Waals surface area contributed by atoms with Crippen molar-refractivity contribution in [2.24, 2.45) is 0 Å². The standard InChI is InChI=1S/C21H24FNO6S2/c1-14-8-9-16(22)19(10-14)31(27,28)20-13-30(25,26)12-18(20)23-17(21(24)29-2)11-15-6-4-3-5-7-15/h3-10,17-18,20,23H,11-13H2,1-2H3/t17-,18-,20-/m0/s1. The molecule has 3 rings (SSSR count). The minimum Gasteiger partial charge on any atom is -0.468 e. The third-order valence-corrected chi connectivity index (χ3v) is 9.44. The van der Waals surface area contributed by atoms with Gasteiger partial charge in [-0.15, -0.1) is 0 Å². The SMILES string of the molecule is COC(=O)[C@H](Cc1ccccc1)N[C@H]1CS(=O)(=O)C[C@@H]1S(=O)(=O)c1cc(C)ccc1F. The molecule has 1 saturated heterocycles. The lowest BCUT2D eigenvalue weighted by Gasteiger charge is -2.25. The number of halogens is 1. The first kappa shape index (κ1) is 23.4. The molecule has 0 unspecified atom stereocenters. The highest BCUT2D eigenvalue weighted by Gasteiger charge is 2.47. The van der Waals surface area contributed by atoms with Gasteiger partial charge in [-0.25, -0.2) is 21.2 Å². The van der Waals surface area contributed by atoms with Crippen molar-refractivity contribution < 1.29 is 30.8 Å². The summed E-state index contributed by atoms with van der Waals surface area (Å²) in [6.07, 6.45) is 0.176. The van der Waals surface area contributed by atoms with E-state index in [1.807, 2.05) is 6.07 Å². The second kappa shape index (κ2) is 9.05. The molecule has 10 heteroatoms. The first-order valence-corrected chi connectivity index (χ1v) is 13.0. The Balaban J connectivity index is 1.95. The zero-order chi connectivity index (χ0) is 22.8. The van der Waals surface area contributed by atoms with Crippen molar-refractivity contribution in [1.29, 1.82) is 0 Å². The van der Waals surface area contributed by atoms with Gasteiger partial charge in [-0.1, -0.05) is 36.4 Å². The molecular formula is C21H24FNO6S2. The highest BCUT2D eigenvalue weighted by atomic mass is 32.2. The predicted octanol–water partition coefficient (Wildman–Crippen LogP) is 1.45. The number of sulfone groups is 2. The van der Waals surface area contributed by atoms with E-state index < -0.39 is 65.2 Å². The lowest BCUT2D eigenvalue weighted by molar-refractivity contribution is -0.143. The molecule has 0 spiro atoms. The molecule has 0 saturated carbocycles.